The summed E-state index contributed by atoms with van der Waals surface area (Å²) in [5.74, 6) is -0.312. The maximum atomic E-state index is 14.5. The molecule has 52 heavy (non-hydrogen) atoms. The molecule has 11 nitrogen and oxygen atoms in total. The van der Waals surface area contributed by atoms with Crippen LogP contribution in [0.5, 0.6) is 5.75 Å². The first-order valence-corrected chi connectivity index (χ1v) is 17.6. The third kappa shape index (κ3) is 6.73. The van der Waals surface area contributed by atoms with Crippen LogP contribution in [0.4, 0.5) is 11.4 Å². The molecular weight excluding hydrogens is 681 g/mol. The Morgan fingerprint density at radius 2 is 1.67 bits per heavy atom. The van der Waals surface area contributed by atoms with Crippen molar-refractivity contribution in [2.24, 2.45) is 4.99 Å². The van der Waals surface area contributed by atoms with Crippen LogP contribution in [-0.2, 0) is 36.8 Å². The molecule has 2 aliphatic rings. The molecule has 2 aliphatic heterocycles. The molecule has 3 unspecified atom stereocenters. The fourth-order valence-corrected chi connectivity index (χ4v) is 7.54. The van der Waals surface area contributed by atoms with Crippen molar-refractivity contribution in [3.8, 4) is 5.75 Å². The number of benzene rings is 5. The van der Waals surface area contributed by atoms with Crippen molar-refractivity contribution in [2.45, 2.75) is 24.5 Å². The molecule has 0 saturated carbocycles. The fourth-order valence-electron chi connectivity index (χ4n) is 6.75. The van der Waals surface area contributed by atoms with E-state index in [4.69, 9.17) is 19.2 Å². The molecule has 5 aromatic rings. The van der Waals surface area contributed by atoms with E-state index in [9.17, 15) is 18.4 Å². The maximum Gasteiger partial charge on any atom is 0.272 e. The molecule has 0 saturated heterocycles. The highest BCUT2D eigenvalue weighted by atomic mass is 32.2. The molecular formula is C40H35N4O7S-. The number of methoxy groups -OCH3 is 1. The van der Waals surface area contributed by atoms with Crippen LogP contribution in [0, 0.1) is 0 Å². The molecule has 12 heteroatoms. The van der Waals surface area contributed by atoms with Crippen LogP contribution in [0.2, 0.25) is 0 Å². The second-order valence-electron chi connectivity index (χ2n) is 12.4. The Bertz CT molecular complexity index is 2210. The summed E-state index contributed by atoms with van der Waals surface area (Å²) in [5, 5.41) is 4.42. The van der Waals surface area contributed by atoms with Crippen LogP contribution in [0.3, 0.4) is 0 Å². The predicted octanol–water partition coefficient (Wildman–Crippen LogP) is 5.62. The van der Waals surface area contributed by atoms with E-state index < -0.39 is 41.2 Å². The second-order valence-corrected chi connectivity index (χ2v) is 13.2. The zero-order chi connectivity index (χ0) is 36.2. The summed E-state index contributed by atoms with van der Waals surface area (Å²) >= 11 is -2.94. The molecule has 0 bridgehead atoms. The van der Waals surface area contributed by atoms with Gasteiger partial charge in [0.2, 0.25) is 18.9 Å². The van der Waals surface area contributed by atoms with Gasteiger partial charge in [0.05, 0.1) is 30.6 Å². The third-order valence-corrected chi connectivity index (χ3v) is 10.1. The number of carbonyl (C=O) groups is 2. The molecule has 0 aliphatic carbocycles. The average Bonchev–Trinajstić information content (AvgIpc) is 3.70. The largest absolute Gasteiger partial charge is 0.755 e. The van der Waals surface area contributed by atoms with Crippen molar-refractivity contribution in [1.82, 2.24) is 5.32 Å². The molecule has 1 N–H and O–H groups in total. The van der Waals surface area contributed by atoms with Gasteiger partial charge < -0.3 is 29.0 Å². The lowest BCUT2D eigenvalue weighted by molar-refractivity contribution is -0.128. The monoisotopic (exact) mass is 715 g/mol. The minimum Gasteiger partial charge on any atom is -0.755 e. The Kier molecular flexibility index (Phi) is 9.75. The van der Waals surface area contributed by atoms with E-state index in [1.807, 2.05) is 97.1 Å². The molecule has 0 radical (unpaired) electrons. The number of ether oxygens (including phenoxy) is 3. The summed E-state index contributed by atoms with van der Waals surface area (Å²) in [6.45, 7) is -0.167. The van der Waals surface area contributed by atoms with E-state index >= 15 is 0 Å². The van der Waals surface area contributed by atoms with Gasteiger partial charge in [0.25, 0.3) is 5.91 Å². The van der Waals surface area contributed by atoms with Gasteiger partial charge in [-0.3, -0.25) is 18.1 Å². The van der Waals surface area contributed by atoms with Gasteiger partial charge in [-0.1, -0.05) is 91.0 Å². The Morgan fingerprint density at radius 1 is 0.981 bits per heavy atom. The van der Waals surface area contributed by atoms with Crippen LogP contribution in [0.15, 0.2) is 138 Å². The van der Waals surface area contributed by atoms with Gasteiger partial charge in [0, 0.05) is 35.9 Å². The quantitative estimate of drug-likeness (QED) is 0.176. The van der Waals surface area contributed by atoms with Gasteiger partial charge in [-0.2, -0.15) is 0 Å². The lowest BCUT2D eigenvalue weighted by Gasteiger charge is -2.45. The zero-order valence-corrected chi connectivity index (χ0v) is 29.2. The standard InChI is InChI=1S/C40H36N4O7S/c1-43-34-16-10-9-15-33(34)37(28-13-7-4-8-14-28)42-38(39(43)46)41-36(45)24-40(35-25-50-26-51-35,23-27-11-5-3-6-12-27)44(52(47)48)31-19-17-30-22-32(49-2)20-18-29(30)21-31/h3-22,25,38H,23-24,26H2,1-2H3,(H,41,45)(H,47,48)/p-1. The van der Waals surface area contributed by atoms with E-state index in [-0.39, 0.29) is 24.7 Å². The number of amides is 2. The van der Waals surface area contributed by atoms with Crippen molar-refractivity contribution in [2.75, 3.05) is 30.2 Å². The topological polar surface area (TPSA) is 133 Å². The average molecular weight is 716 g/mol. The molecule has 7 rings (SSSR count). The van der Waals surface area contributed by atoms with Crippen molar-refractivity contribution in [1.29, 1.82) is 0 Å². The number of likely N-dealkylation sites (N-methyl/N-ethyl adjacent to an activating group) is 1. The number of nitrogens with one attached hydrogen (secondary N) is 1. The third-order valence-electron chi connectivity index (χ3n) is 9.22. The Labute approximate surface area is 303 Å². The van der Waals surface area contributed by atoms with Gasteiger partial charge in [-0.05, 0) is 46.7 Å². The normalized spacial score (nSPS) is 17.0. The maximum absolute atomic E-state index is 14.5. The van der Waals surface area contributed by atoms with Crippen molar-refractivity contribution >= 4 is 50.9 Å². The first-order valence-electron chi connectivity index (χ1n) is 16.5. The summed E-state index contributed by atoms with van der Waals surface area (Å²) in [7, 11) is 3.21. The van der Waals surface area contributed by atoms with Crippen LogP contribution in [-0.4, -0.2) is 58.9 Å². The molecule has 3 atom stereocenters. The molecule has 2 heterocycles. The van der Waals surface area contributed by atoms with E-state index in [2.05, 4.69) is 5.32 Å². The lowest BCUT2D eigenvalue weighted by Crippen LogP contribution is -2.57. The summed E-state index contributed by atoms with van der Waals surface area (Å²) < 4.78 is 45.1. The molecule has 264 valence electrons. The molecule has 0 spiro atoms. The minimum atomic E-state index is -2.94. The number of aliphatic imine (C=N–C) groups is 1. The highest BCUT2D eigenvalue weighted by Gasteiger charge is 2.48. The molecule has 5 aromatic carbocycles. The molecule has 2 amide bonds. The number of hydrogen-bond donors (Lipinski definition) is 1. The number of rotatable bonds is 11. The first kappa shape index (κ1) is 34.5. The van der Waals surface area contributed by atoms with Gasteiger partial charge in [0.1, 0.15) is 17.6 Å². The Hall–Kier alpha value is -5.98. The first-order chi connectivity index (χ1) is 25.3. The highest BCUT2D eigenvalue weighted by Crippen LogP contribution is 2.41. The van der Waals surface area contributed by atoms with Crippen LogP contribution in [0.25, 0.3) is 10.8 Å². The van der Waals surface area contributed by atoms with Gasteiger partial charge >= 0.3 is 0 Å². The SMILES string of the molecule is COc1ccc2cc(N(S(=O)[O-])C(CC(=O)NC3N=C(c4ccccc4)c4ccccc4N(C)C3=O)(Cc3ccccc3)C3=COCO3)ccc2c1. The number of hydrogen-bond acceptors (Lipinski definition) is 8. The van der Waals surface area contributed by atoms with Crippen LogP contribution >= 0.6 is 0 Å². The number of anilines is 2. The van der Waals surface area contributed by atoms with Crippen molar-refractivity contribution in [3.63, 3.8) is 0 Å². The smallest absolute Gasteiger partial charge is 0.272 e. The summed E-state index contributed by atoms with van der Waals surface area (Å²) in [5.41, 5.74) is 1.99. The molecule has 0 fully saturated rings. The fraction of sp³-hybridized carbons (Fsp3) is 0.175. The van der Waals surface area contributed by atoms with E-state index in [1.54, 1.807) is 38.4 Å². The summed E-state index contributed by atoms with van der Waals surface area (Å²) in [4.78, 5) is 34.8. The zero-order valence-electron chi connectivity index (χ0n) is 28.4. The number of carbonyl (C=O) groups excluding carboxylic acids is 2. The van der Waals surface area contributed by atoms with Gasteiger partial charge in [-0.15, -0.1) is 0 Å². The van der Waals surface area contributed by atoms with Crippen LogP contribution in [0.1, 0.15) is 23.1 Å². The summed E-state index contributed by atoms with van der Waals surface area (Å²) in [6, 6.07) is 36.7. The van der Waals surface area contributed by atoms with E-state index in [0.717, 1.165) is 31.8 Å². The van der Waals surface area contributed by atoms with Crippen LogP contribution < -0.4 is 19.3 Å². The molecule has 0 aromatic heterocycles. The Morgan fingerprint density at radius 3 is 2.38 bits per heavy atom. The van der Waals surface area contributed by atoms with Gasteiger partial charge in [-0.25, -0.2) is 4.99 Å². The number of benzodiazepines with no additional fused rings is 1. The number of para-hydroxylation sites is 1. The number of nitrogens with zero attached hydrogens (tertiary/aromatic N) is 3. The predicted molar refractivity (Wildman–Crippen MR) is 198 cm³/mol. The van der Waals surface area contributed by atoms with Crippen molar-refractivity contribution < 1.29 is 32.6 Å². The second kappa shape index (κ2) is 14.7. The van der Waals surface area contributed by atoms with Crippen molar-refractivity contribution in [3.05, 3.63) is 150 Å². The van der Waals surface area contributed by atoms with E-state index in [1.165, 1.54) is 11.2 Å². The Balaban J connectivity index is 1.33. The van der Waals surface area contributed by atoms with E-state index in [0.29, 0.717) is 17.1 Å². The minimum absolute atomic E-state index is 0.0214. The number of fused-ring (bicyclic) bond motifs is 2. The van der Waals surface area contributed by atoms with Gasteiger partial charge in [0.15, 0.2) is 5.76 Å². The lowest BCUT2D eigenvalue weighted by atomic mass is 9.84. The summed E-state index contributed by atoms with van der Waals surface area (Å²) in [6.07, 6.45) is -0.420. The highest BCUT2D eigenvalue weighted by molar-refractivity contribution is 7.80.